The largest absolute Gasteiger partial charge is 0.493 e. The summed E-state index contributed by atoms with van der Waals surface area (Å²) in [5, 5.41) is 15.7. The quantitative estimate of drug-likeness (QED) is 0.392. The highest BCUT2D eigenvalue weighted by Crippen LogP contribution is 2.58. The van der Waals surface area contributed by atoms with E-state index in [0.717, 1.165) is 24.0 Å². The second kappa shape index (κ2) is 8.88. The Kier molecular flexibility index (Phi) is 5.64. The van der Waals surface area contributed by atoms with Crippen LogP contribution in [0.4, 0.5) is 5.69 Å². The zero-order chi connectivity index (χ0) is 25.7. The smallest absolute Gasteiger partial charge is 0.256 e. The number of nitro groups is 1. The van der Waals surface area contributed by atoms with Gasteiger partial charge in [-0.2, -0.15) is 0 Å². The van der Waals surface area contributed by atoms with Crippen LogP contribution in [0.5, 0.6) is 11.5 Å². The Morgan fingerprint density at radius 3 is 2.65 bits per heavy atom. The van der Waals surface area contributed by atoms with Gasteiger partial charge in [-0.25, -0.2) is 0 Å². The van der Waals surface area contributed by atoms with Crippen LogP contribution in [-0.2, 0) is 16.9 Å². The summed E-state index contributed by atoms with van der Waals surface area (Å²) < 4.78 is 11.7. The molecule has 37 heavy (non-hydrogen) atoms. The van der Waals surface area contributed by atoms with Crippen molar-refractivity contribution in [3.05, 3.63) is 99.1 Å². The topological polar surface area (TPSA) is 93.9 Å². The molecule has 0 saturated carbocycles. The molecule has 190 valence electrons. The van der Waals surface area contributed by atoms with E-state index in [-0.39, 0.29) is 16.9 Å². The van der Waals surface area contributed by atoms with Gasteiger partial charge in [0.1, 0.15) is 6.61 Å². The van der Waals surface area contributed by atoms with Crippen molar-refractivity contribution in [2.45, 2.75) is 49.9 Å². The lowest BCUT2D eigenvalue weighted by molar-refractivity contribution is -0.534. The number of anilines is 1. The Hall–Kier alpha value is -3.91. The molecule has 0 aromatic heterocycles. The third kappa shape index (κ3) is 3.50. The number of aryl methyl sites for hydroxylation is 1. The molecule has 8 nitrogen and oxygen atoms in total. The van der Waals surface area contributed by atoms with Gasteiger partial charge in [-0.1, -0.05) is 54.1 Å². The van der Waals surface area contributed by atoms with Crippen molar-refractivity contribution in [3.8, 4) is 11.5 Å². The molecule has 3 aliphatic rings. The summed E-state index contributed by atoms with van der Waals surface area (Å²) in [6, 6.07) is 19.8. The third-order valence-corrected chi connectivity index (χ3v) is 8.18. The number of carbonyl (C=O) groups excluding carboxylic acids is 1. The Balaban J connectivity index is 1.39. The molecule has 0 bridgehead atoms. The molecule has 4 atom stereocenters. The van der Waals surface area contributed by atoms with E-state index < -0.39 is 17.5 Å². The zero-order valence-electron chi connectivity index (χ0n) is 20.8. The normalized spacial score (nSPS) is 26.1. The van der Waals surface area contributed by atoms with Gasteiger partial charge in [0.15, 0.2) is 17.0 Å². The number of fused-ring (bicyclic) bond motifs is 4. The molecule has 3 aromatic rings. The highest BCUT2D eigenvalue weighted by Gasteiger charge is 2.73. The first kappa shape index (κ1) is 23.5. The van der Waals surface area contributed by atoms with Crippen molar-refractivity contribution >= 4 is 11.6 Å². The molecule has 3 aromatic carbocycles. The van der Waals surface area contributed by atoms with Crippen molar-refractivity contribution in [1.82, 2.24) is 4.90 Å². The lowest BCUT2D eigenvalue weighted by Crippen LogP contribution is -2.55. The number of benzene rings is 3. The van der Waals surface area contributed by atoms with Crippen LogP contribution in [0.3, 0.4) is 0 Å². The molecular weight excluding hydrogens is 470 g/mol. The molecule has 1 N–H and O–H groups in total. The van der Waals surface area contributed by atoms with E-state index >= 15 is 0 Å². The number of nitrogens with zero attached hydrogens (tertiary/aromatic N) is 2. The number of carbonyl (C=O) groups is 1. The first-order chi connectivity index (χ1) is 17.9. The average Bonchev–Trinajstić information content (AvgIpc) is 3.56. The summed E-state index contributed by atoms with van der Waals surface area (Å²) in [7, 11) is 1.57. The highest BCUT2D eigenvalue weighted by molar-refractivity contribution is 6.07. The van der Waals surface area contributed by atoms with E-state index in [4.69, 9.17) is 9.47 Å². The molecule has 3 heterocycles. The van der Waals surface area contributed by atoms with E-state index in [1.54, 1.807) is 7.11 Å². The third-order valence-electron chi connectivity index (χ3n) is 8.18. The van der Waals surface area contributed by atoms with Gasteiger partial charge in [-0.05, 0) is 49.1 Å². The van der Waals surface area contributed by atoms with E-state index in [1.165, 1.54) is 5.56 Å². The first-order valence-corrected chi connectivity index (χ1v) is 12.6. The minimum atomic E-state index is -1.33. The fourth-order valence-corrected chi connectivity index (χ4v) is 6.63. The maximum Gasteiger partial charge on any atom is 0.256 e. The minimum Gasteiger partial charge on any atom is -0.493 e. The number of hydrogen-bond donors (Lipinski definition) is 1. The Morgan fingerprint density at radius 2 is 1.89 bits per heavy atom. The van der Waals surface area contributed by atoms with Crippen LogP contribution in [0.15, 0.2) is 66.7 Å². The van der Waals surface area contributed by atoms with Crippen LogP contribution in [0.2, 0.25) is 0 Å². The van der Waals surface area contributed by atoms with E-state index in [2.05, 4.69) is 10.2 Å². The van der Waals surface area contributed by atoms with Crippen molar-refractivity contribution in [1.29, 1.82) is 0 Å². The summed E-state index contributed by atoms with van der Waals surface area (Å²) in [6.07, 6.45) is 1.68. The van der Waals surface area contributed by atoms with Gasteiger partial charge in [-0.15, -0.1) is 0 Å². The number of para-hydroxylation sites is 1. The highest BCUT2D eigenvalue weighted by atomic mass is 16.6. The zero-order valence-corrected chi connectivity index (χ0v) is 20.8. The minimum absolute atomic E-state index is 0.128. The number of ether oxygens (including phenoxy) is 2. The summed E-state index contributed by atoms with van der Waals surface area (Å²) >= 11 is 0. The van der Waals surface area contributed by atoms with Crippen LogP contribution in [0.25, 0.3) is 0 Å². The number of methoxy groups -OCH3 is 1. The predicted octanol–water partition coefficient (Wildman–Crippen LogP) is 4.64. The van der Waals surface area contributed by atoms with Crippen molar-refractivity contribution < 1.29 is 19.2 Å². The molecule has 0 aliphatic carbocycles. The van der Waals surface area contributed by atoms with Crippen LogP contribution < -0.4 is 14.8 Å². The van der Waals surface area contributed by atoms with Gasteiger partial charge in [0.2, 0.25) is 0 Å². The lowest BCUT2D eigenvalue weighted by atomic mass is 9.77. The summed E-state index contributed by atoms with van der Waals surface area (Å²) in [5.41, 5.74) is 3.02. The Bertz CT molecular complexity index is 1370. The SMILES string of the molecule is COc1cc([C@@H]2[C@@H]3CCCN3[C@]3(C(=O)Nc4ccccc43)[C@@H]2[N+](=O)[O-])ccc1OCc1ccc(C)cc1. The van der Waals surface area contributed by atoms with E-state index in [1.807, 2.05) is 73.7 Å². The molecule has 8 heteroatoms. The Labute approximate surface area is 215 Å². The monoisotopic (exact) mass is 499 g/mol. The molecule has 1 amide bonds. The van der Waals surface area contributed by atoms with Gasteiger partial charge >= 0.3 is 0 Å². The van der Waals surface area contributed by atoms with Crippen LogP contribution in [0.1, 0.15) is 41.0 Å². The number of hydrogen-bond acceptors (Lipinski definition) is 6. The van der Waals surface area contributed by atoms with Crippen molar-refractivity contribution in [3.63, 3.8) is 0 Å². The van der Waals surface area contributed by atoms with Crippen LogP contribution in [0, 0.1) is 17.0 Å². The van der Waals surface area contributed by atoms with Crippen molar-refractivity contribution in [2.24, 2.45) is 0 Å². The summed E-state index contributed by atoms with van der Waals surface area (Å²) in [4.78, 5) is 28.2. The number of nitrogens with one attached hydrogen (secondary N) is 1. The molecule has 0 unspecified atom stereocenters. The van der Waals surface area contributed by atoms with E-state index in [0.29, 0.717) is 35.9 Å². The van der Waals surface area contributed by atoms with Gasteiger partial charge < -0.3 is 14.8 Å². The first-order valence-electron chi connectivity index (χ1n) is 12.6. The fraction of sp³-hybridized carbons (Fsp3) is 0.345. The van der Waals surface area contributed by atoms with Gasteiger partial charge in [0.05, 0.1) is 13.0 Å². The maximum absolute atomic E-state index is 13.6. The molecular formula is C29H29N3O5. The van der Waals surface area contributed by atoms with Gasteiger partial charge in [0.25, 0.3) is 11.9 Å². The second-order valence-corrected chi connectivity index (χ2v) is 10.1. The molecule has 3 aliphatic heterocycles. The maximum atomic E-state index is 13.6. The van der Waals surface area contributed by atoms with Gasteiger partial charge in [-0.3, -0.25) is 19.8 Å². The molecule has 1 spiro atoms. The molecule has 6 rings (SSSR count). The molecule has 2 fully saturated rings. The van der Waals surface area contributed by atoms with Crippen LogP contribution >= 0.6 is 0 Å². The number of rotatable bonds is 6. The number of amides is 1. The standard InChI is InChI=1S/C29H29N3O5/c1-18-9-11-19(12-10-18)17-37-24-14-13-20(16-25(24)36-2)26-23-8-5-15-31(23)29(27(26)32(34)35)21-6-3-4-7-22(21)30-28(29)33/h3-4,6-7,9-14,16,23,26-27H,5,8,15,17H2,1-2H3,(H,30,33)/t23-,26+,27+,29-/m0/s1. The summed E-state index contributed by atoms with van der Waals surface area (Å²) in [5.74, 6) is 0.308. The average molecular weight is 500 g/mol. The second-order valence-electron chi connectivity index (χ2n) is 10.1. The van der Waals surface area contributed by atoms with Crippen molar-refractivity contribution in [2.75, 3.05) is 19.0 Å². The molecule has 2 saturated heterocycles. The van der Waals surface area contributed by atoms with Gasteiger partial charge in [0, 0.05) is 28.8 Å². The predicted molar refractivity (Wildman–Crippen MR) is 139 cm³/mol. The van der Waals surface area contributed by atoms with E-state index in [9.17, 15) is 14.9 Å². The lowest BCUT2D eigenvalue weighted by Gasteiger charge is -2.32. The molecule has 0 radical (unpaired) electrons. The van der Waals surface area contributed by atoms with Crippen LogP contribution in [-0.4, -0.2) is 41.5 Å². The Morgan fingerprint density at radius 1 is 1.11 bits per heavy atom. The fourth-order valence-electron chi connectivity index (χ4n) is 6.63. The summed E-state index contributed by atoms with van der Waals surface area (Å²) in [6.45, 7) is 3.06.